The van der Waals surface area contributed by atoms with Crippen LogP contribution in [0, 0.1) is 6.92 Å². The summed E-state index contributed by atoms with van der Waals surface area (Å²) in [6.45, 7) is 4.51. The van der Waals surface area contributed by atoms with Crippen LogP contribution in [0.25, 0.3) is 0 Å². The van der Waals surface area contributed by atoms with Crippen LogP contribution in [-0.4, -0.2) is 13.1 Å². The third kappa shape index (κ3) is 2.01. The fourth-order valence-corrected chi connectivity index (χ4v) is 3.05. The number of rotatable bonds is 1. The van der Waals surface area contributed by atoms with Crippen LogP contribution < -0.4 is 5.32 Å². The minimum atomic E-state index is 0.694. The predicted octanol–water partition coefficient (Wildman–Crippen LogP) is 3.22. The standard InChI is InChI=1S/C12H16BrN/c1-9-4-2-6-11(13)12(9)10-5-3-7-14-8-10/h2,4,6,10,14H,3,5,7-8H2,1H3. The molecule has 0 aliphatic carbocycles. The Bertz CT molecular complexity index is 296. The number of benzene rings is 1. The van der Waals surface area contributed by atoms with E-state index in [1.165, 1.54) is 35.0 Å². The van der Waals surface area contributed by atoms with E-state index in [-0.39, 0.29) is 0 Å². The van der Waals surface area contributed by atoms with Gasteiger partial charge in [0.1, 0.15) is 0 Å². The summed E-state index contributed by atoms with van der Waals surface area (Å²) in [5.41, 5.74) is 2.91. The van der Waals surface area contributed by atoms with Gasteiger partial charge in [-0.05, 0) is 49.4 Å². The Morgan fingerprint density at radius 1 is 1.43 bits per heavy atom. The van der Waals surface area contributed by atoms with Crippen molar-refractivity contribution in [1.82, 2.24) is 5.32 Å². The van der Waals surface area contributed by atoms with Crippen molar-refractivity contribution in [1.29, 1.82) is 0 Å². The molecule has 1 N–H and O–H groups in total. The summed E-state index contributed by atoms with van der Waals surface area (Å²) in [6, 6.07) is 6.46. The van der Waals surface area contributed by atoms with Gasteiger partial charge < -0.3 is 5.32 Å². The maximum Gasteiger partial charge on any atom is 0.0213 e. The van der Waals surface area contributed by atoms with Gasteiger partial charge in [-0.25, -0.2) is 0 Å². The fraction of sp³-hybridized carbons (Fsp3) is 0.500. The molecule has 1 heterocycles. The minimum Gasteiger partial charge on any atom is -0.316 e. The molecule has 1 aliphatic heterocycles. The molecular formula is C12H16BrN. The molecule has 0 aromatic heterocycles. The molecular weight excluding hydrogens is 238 g/mol. The van der Waals surface area contributed by atoms with Crippen molar-refractivity contribution in [2.75, 3.05) is 13.1 Å². The molecule has 14 heavy (non-hydrogen) atoms. The molecule has 1 nitrogen and oxygen atoms in total. The molecule has 76 valence electrons. The minimum absolute atomic E-state index is 0.694. The Labute approximate surface area is 94.0 Å². The fourth-order valence-electron chi connectivity index (χ4n) is 2.26. The van der Waals surface area contributed by atoms with Gasteiger partial charge in [-0.2, -0.15) is 0 Å². The lowest BCUT2D eigenvalue weighted by Crippen LogP contribution is -2.28. The van der Waals surface area contributed by atoms with Gasteiger partial charge in [-0.3, -0.25) is 0 Å². The van der Waals surface area contributed by atoms with E-state index in [0.717, 1.165) is 6.54 Å². The zero-order chi connectivity index (χ0) is 9.97. The Balaban J connectivity index is 2.29. The molecule has 1 saturated heterocycles. The zero-order valence-electron chi connectivity index (χ0n) is 8.52. The lowest BCUT2D eigenvalue weighted by atomic mass is 9.89. The van der Waals surface area contributed by atoms with E-state index in [2.05, 4.69) is 46.4 Å². The lowest BCUT2D eigenvalue weighted by molar-refractivity contribution is 0.459. The van der Waals surface area contributed by atoms with Gasteiger partial charge >= 0.3 is 0 Å². The highest BCUT2D eigenvalue weighted by Gasteiger charge is 2.18. The van der Waals surface area contributed by atoms with Crippen molar-refractivity contribution < 1.29 is 0 Å². The van der Waals surface area contributed by atoms with Crippen LogP contribution >= 0.6 is 15.9 Å². The second-order valence-electron chi connectivity index (χ2n) is 4.01. The van der Waals surface area contributed by atoms with E-state index in [1.807, 2.05) is 0 Å². The summed E-state index contributed by atoms with van der Waals surface area (Å²) < 4.78 is 1.27. The summed E-state index contributed by atoms with van der Waals surface area (Å²) in [5, 5.41) is 3.47. The molecule has 0 saturated carbocycles. The van der Waals surface area contributed by atoms with E-state index in [0.29, 0.717) is 5.92 Å². The van der Waals surface area contributed by atoms with Crippen molar-refractivity contribution >= 4 is 15.9 Å². The first-order chi connectivity index (χ1) is 6.79. The summed E-state index contributed by atoms with van der Waals surface area (Å²) in [5.74, 6) is 0.694. The van der Waals surface area contributed by atoms with Crippen molar-refractivity contribution in [3.05, 3.63) is 33.8 Å². The van der Waals surface area contributed by atoms with E-state index in [4.69, 9.17) is 0 Å². The van der Waals surface area contributed by atoms with Crippen LogP contribution in [0.15, 0.2) is 22.7 Å². The maximum atomic E-state index is 3.65. The van der Waals surface area contributed by atoms with Crippen molar-refractivity contribution in [2.24, 2.45) is 0 Å². The molecule has 1 aromatic rings. The topological polar surface area (TPSA) is 12.0 Å². The highest BCUT2D eigenvalue weighted by Crippen LogP contribution is 2.31. The monoisotopic (exact) mass is 253 g/mol. The molecule has 0 spiro atoms. The Morgan fingerprint density at radius 3 is 2.93 bits per heavy atom. The van der Waals surface area contributed by atoms with Crippen molar-refractivity contribution in [3.63, 3.8) is 0 Å². The zero-order valence-corrected chi connectivity index (χ0v) is 10.1. The molecule has 0 bridgehead atoms. The van der Waals surface area contributed by atoms with Crippen molar-refractivity contribution in [3.8, 4) is 0 Å². The Morgan fingerprint density at radius 2 is 2.29 bits per heavy atom. The molecule has 0 radical (unpaired) electrons. The van der Waals surface area contributed by atoms with Gasteiger partial charge in [0.2, 0.25) is 0 Å². The van der Waals surface area contributed by atoms with Gasteiger partial charge in [0, 0.05) is 11.0 Å². The summed E-state index contributed by atoms with van der Waals surface area (Å²) in [7, 11) is 0. The van der Waals surface area contributed by atoms with Crippen LogP contribution in [0.2, 0.25) is 0 Å². The molecule has 2 heteroatoms. The van der Waals surface area contributed by atoms with Gasteiger partial charge in [-0.15, -0.1) is 0 Å². The van der Waals surface area contributed by atoms with Gasteiger partial charge in [0.15, 0.2) is 0 Å². The van der Waals surface area contributed by atoms with Crippen LogP contribution in [0.4, 0.5) is 0 Å². The lowest BCUT2D eigenvalue weighted by Gasteiger charge is -2.25. The van der Waals surface area contributed by atoms with Crippen LogP contribution in [-0.2, 0) is 0 Å². The summed E-state index contributed by atoms with van der Waals surface area (Å²) in [4.78, 5) is 0. The van der Waals surface area contributed by atoms with Gasteiger partial charge in [-0.1, -0.05) is 28.1 Å². The second kappa shape index (κ2) is 4.45. The smallest absolute Gasteiger partial charge is 0.0213 e. The number of halogens is 1. The first kappa shape index (κ1) is 10.2. The normalized spacial score (nSPS) is 22.3. The van der Waals surface area contributed by atoms with E-state index >= 15 is 0 Å². The van der Waals surface area contributed by atoms with Crippen LogP contribution in [0.3, 0.4) is 0 Å². The predicted molar refractivity (Wildman–Crippen MR) is 63.7 cm³/mol. The van der Waals surface area contributed by atoms with Crippen LogP contribution in [0.1, 0.15) is 29.9 Å². The number of aryl methyl sites for hydroxylation is 1. The van der Waals surface area contributed by atoms with E-state index in [1.54, 1.807) is 0 Å². The van der Waals surface area contributed by atoms with E-state index in [9.17, 15) is 0 Å². The molecule has 1 aromatic carbocycles. The third-order valence-electron chi connectivity index (χ3n) is 2.98. The van der Waals surface area contributed by atoms with Gasteiger partial charge in [0.25, 0.3) is 0 Å². The number of hydrogen-bond acceptors (Lipinski definition) is 1. The molecule has 1 aliphatic rings. The van der Waals surface area contributed by atoms with Crippen LogP contribution in [0.5, 0.6) is 0 Å². The highest BCUT2D eigenvalue weighted by molar-refractivity contribution is 9.10. The average molecular weight is 254 g/mol. The summed E-state index contributed by atoms with van der Waals surface area (Å²) in [6.07, 6.45) is 2.61. The highest BCUT2D eigenvalue weighted by atomic mass is 79.9. The molecule has 1 unspecified atom stereocenters. The van der Waals surface area contributed by atoms with Gasteiger partial charge in [0.05, 0.1) is 0 Å². The maximum absolute atomic E-state index is 3.65. The summed E-state index contributed by atoms with van der Waals surface area (Å²) >= 11 is 3.65. The number of piperidine rings is 1. The Hall–Kier alpha value is -0.340. The quantitative estimate of drug-likeness (QED) is 0.811. The molecule has 2 rings (SSSR count). The average Bonchev–Trinajstić information content (AvgIpc) is 2.19. The molecule has 1 fully saturated rings. The van der Waals surface area contributed by atoms with Crippen molar-refractivity contribution in [2.45, 2.75) is 25.7 Å². The first-order valence-electron chi connectivity index (χ1n) is 5.25. The Kier molecular flexibility index (Phi) is 3.24. The third-order valence-corrected chi connectivity index (χ3v) is 3.67. The second-order valence-corrected chi connectivity index (χ2v) is 4.87. The number of hydrogen-bond donors (Lipinski definition) is 1. The SMILES string of the molecule is Cc1cccc(Br)c1C1CCCNC1. The number of nitrogens with one attached hydrogen (secondary N) is 1. The molecule has 0 amide bonds. The first-order valence-corrected chi connectivity index (χ1v) is 6.04. The molecule has 1 atom stereocenters. The largest absolute Gasteiger partial charge is 0.316 e. The van der Waals surface area contributed by atoms with E-state index < -0.39 is 0 Å².